The lowest BCUT2D eigenvalue weighted by Crippen LogP contribution is -2.29. The Morgan fingerprint density at radius 1 is 1.11 bits per heavy atom. The smallest absolute Gasteiger partial charge is 0.308 e. The summed E-state index contributed by atoms with van der Waals surface area (Å²) >= 11 is 5.87. The third kappa shape index (κ3) is 2.87. The zero-order chi connectivity index (χ0) is 19.2. The van der Waals surface area contributed by atoms with Gasteiger partial charge < -0.3 is 9.26 Å². The largest absolute Gasteiger partial charge is 0.497 e. The standard InChI is InChI=1S/C18H13ClN2O5S/c1-25-14-8-2-11(3-9-14)10-21-18(22)16-17(27(21,23)24)15(20-26-16)12-4-6-13(19)7-5-12/h2-9H,10H2,1H3. The number of methoxy groups -OCH3 is 1. The highest BCUT2D eigenvalue weighted by Gasteiger charge is 2.48. The van der Waals surface area contributed by atoms with Crippen LogP contribution in [-0.2, 0) is 16.6 Å². The van der Waals surface area contributed by atoms with Crippen LogP contribution in [-0.4, -0.2) is 30.9 Å². The van der Waals surface area contributed by atoms with Gasteiger partial charge in [-0.15, -0.1) is 0 Å². The number of sulfonamides is 1. The first-order valence-electron chi connectivity index (χ1n) is 7.87. The molecular weight excluding hydrogens is 392 g/mol. The first kappa shape index (κ1) is 17.6. The lowest BCUT2D eigenvalue weighted by atomic mass is 10.1. The van der Waals surface area contributed by atoms with E-state index in [0.29, 0.717) is 21.9 Å². The number of ether oxygens (including phenoxy) is 1. The fourth-order valence-electron chi connectivity index (χ4n) is 2.83. The highest BCUT2D eigenvalue weighted by Crippen LogP contribution is 2.38. The number of carbonyl (C=O) groups excluding carboxylic acids is 1. The Kier molecular flexibility index (Phi) is 4.16. The molecular formula is C18H13ClN2O5S. The van der Waals surface area contributed by atoms with Gasteiger partial charge >= 0.3 is 5.91 Å². The molecule has 1 aliphatic rings. The molecule has 0 N–H and O–H groups in total. The quantitative estimate of drug-likeness (QED) is 0.662. The van der Waals surface area contributed by atoms with Crippen LogP contribution in [0.2, 0.25) is 5.02 Å². The number of rotatable bonds is 4. The van der Waals surface area contributed by atoms with Crippen molar-refractivity contribution in [3.63, 3.8) is 0 Å². The number of nitrogens with zero attached hydrogens (tertiary/aromatic N) is 2. The number of amides is 1. The maximum Gasteiger partial charge on any atom is 0.308 e. The van der Waals surface area contributed by atoms with Crippen LogP contribution in [0, 0.1) is 0 Å². The summed E-state index contributed by atoms with van der Waals surface area (Å²) in [6.45, 7) is -0.116. The maximum atomic E-state index is 13.0. The summed E-state index contributed by atoms with van der Waals surface area (Å²) in [6.07, 6.45) is 0. The summed E-state index contributed by atoms with van der Waals surface area (Å²) in [6, 6.07) is 13.2. The van der Waals surface area contributed by atoms with Gasteiger partial charge in [-0.05, 0) is 29.8 Å². The minimum Gasteiger partial charge on any atom is -0.497 e. The second-order valence-corrected chi connectivity index (χ2v) is 8.10. The highest BCUT2D eigenvalue weighted by atomic mass is 35.5. The molecule has 0 radical (unpaired) electrons. The van der Waals surface area contributed by atoms with E-state index in [-0.39, 0.29) is 22.9 Å². The summed E-state index contributed by atoms with van der Waals surface area (Å²) in [5.74, 6) is -0.391. The predicted octanol–water partition coefficient (Wildman–Crippen LogP) is 3.35. The Balaban J connectivity index is 1.72. The summed E-state index contributed by atoms with van der Waals surface area (Å²) < 4.78 is 36.9. The molecule has 1 aliphatic heterocycles. The Hall–Kier alpha value is -2.84. The van der Waals surface area contributed by atoms with Crippen molar-refractivity contribution in [1.82, 2.24) is 9.46 Å². The van der Waals surface area contributed by atoms with Gasteiger partial charge in [0.15, 0.2) is 4.90 Å². The van der Waals surface area contributed by atoms with E-state index < -0.39 is 15.9 Å². The van der Waals surface area contributed by atoms with Crippen molar-refractivity contribution in [3.05, 3.63) is 64.9 Å². The lowest BCUT2D eigenvalue weighted by molar-refractivity contribution is 0.0826. The monoisotopic (exact) mass is 404 g/mol. The number of hydrogen-bond donors (Lipinski definition) is 0. The minimum absolute atomic E-state index is 0.0900. The first-order valence-corrected chi connectivity index (χ1v) is 9.69. The molecule has 0 atom stereocenters. The molecule has 4 rings (SSSR count). The van der Waals surface area contributed by atoms with Crippen LogP contribution in [0.25, 0.3) is 11.3 Å². The van der Waals surface area contributed by atoms with E-state index >= 15 is 0 Å². The van der Waals surface area contributed by atoms with Gasteiger partial charge in [0, 0.05) is 10.6 Å². The van der Waals surface area contributed by atoms with Crippen molar-refractivity contribution >= 4 is 27.5 Å². The summed E-state index contributed by atoms with van der Waals surface area (Å²) in [5, 5.41) is 4.29. The lowest BCUT2D eigenvalue weighted by Gasteiger charge is -2.15. The number of carbonyl (C=O) groups is 1. The van der Waals surface area contributed by atoms with E-state index in [0.717, 1.165) is 4.31 Å². The Bertz CT molecular complexity index is 1120. The molecule has 7 nitrogen and oxygen atoms in total. The number of aromatic nitrogens is 1. The molecule has 138 valence electrons. The molecule has 1 aromatic heterocycles. The van der Waals surface area contributed by atoms with E-state index in [9.17, 15) is 13.2 Å². The molecule has 1 amide bonds. The molecule has 27 heavy (non-hydrogen) atoms. The first-order chi connectivity index (χ1) is 12.9. The SMILES string of the molecule is COc1ccc(CN2C(=O)c3onc(-c4ccc(Cl)cc4)c3S2(=O)=O)cc1. The van der Waals surface area contributed by atoms with Crippen molar-refractivity contribution < 1.29 is 22.5 Å². The number of halogens is 1. The second kappa shape index (κ2) is 6.40. The maximum absolute atomic E-state index is 13.0. The van der Waals surface area contributed by atoms with Crippen LogP contribution in [0.15, 0.2) is 57.9 Å². The van der Waals surface area contributed by atoms with E-state index in [4.69, 9.17) is 20.9 Å². The van der Waals surface area contributed by atoms with Crippen molar-refractivity contribution in [2.45, 2.75) is 11.4 Å². The molecule has 9 heteroatoms. The van der Waals surface area contributed by atoms with Crippen molar-refractivity contribution in [2.24, 2.45) is 0 Å². The van der Waals surface area contributed by atoms with E-state index in [1.54, 1.807) is 48.5 Å². The minimum atomic E-state index is -4.09. The zero-order valence-electron chi connectivity index (χ0n) is 14.0. The van der Waals surface area contributed by atoms with Crippen LogP contribution in [0.1, 0.15) is 16.1 Å². The highest BCUT2D eigenvalue weighted by molar-refractivity contribution is 7.90. The van der Waals surface area contributed by atoms with Crippen LogP contribution >= 0.6 is 11.6 Å². The Morgan fingerprint density at radius 3 is 2.41 bits per heavy atom. The average Bonchev–Trinajstić information content (AvgIpc) is 3.19. The molecule has 0 unspecified atom stereocenters. The molecule has 0 saturated heterocycles. The predicted molar refractivity (Wildman–Crippen MR) is 97.0 cm³/mol. The fourth-order valence-corrected chi connectivity index (χ4v) is 4.56. The third-order valence-corrected chi connectivity index (χ3v) is 6.24. The van der Waals surface area contributed by atoms with E-state index in [2.05, 4.69) is 5.16 Å². The third-order valence-electron chi connectivity index (χ3n) is 4.22. The molecule has 0 bridgehead atoms. The van der Waals surface area contributed by atoms with Gasteiger partial charge in [0.25, 0.3) is 10.0 Å². The van der Waals surface area contributed by atoms with Crippen molar-refractivity contribution in [2.75, 3.05) is 7.11 Å². The molecule has 0 fully saturated rings. The molecule has 3 aromatic rings. The van der Waals surface area contributed by atoms with Crippen LogP contribution < -0.4 is 4.74 Å². The summed E-state index contributed by atoms with van der Waals surface area (Å²) in [7, 11) is -2.56. The average molecular weight is 405 g/mol. The van der Waals surface area contributed by atoms with Crippen LogP contribution in [0.4, 0.5) is 0 Å². The van der Waals surface area contributed by atoms with E-state index in [1.165, 1.54) is 7.11 Å². The molecule has 2 heterocycles. The summed E-state index contributed by atoms with van der Waals surface area (Å²) in [5.41, 5.74) is 1.22. The zero-order valence-corrected chi connectivity index (χ0v) is 15.6. The van der Waals surface area contributed by atoms with Gasteiger partial charge in [-0.25, -0.2) is 12.7 Å². The van der Waals surface area contributed by atoms with Gasteiger partial charge in [-0.3, -0.25) is 4.79 Å². The number of fused-ring (bicyclic) bond motifs is 1. The second-order valence-electron chi connectivity index (χ2n) is 5.86. The molecule has 0 spiro atoms. The Labute approximate surface area is 160 Å². The van der Waals surface area contributed by atoms with Gasteiger partial charge in [-0.1, -0.05) is 41.0 Å². The molecule has 0 saturated carbocycles. The fraction of sp³-hybridized carbons (Fsp3) is 0.111. The van der Waals surface area contributed by atoms with Gasteiger partial charge in [0.1, 0.15) is 11.4 Å². The normalized spacial score (nSPS) is 15.0. The van der Waals surface area contributed by atoms with Gasteiger partial charge in [-0.2, -0.15) is 0 Å². The number of hydrogen-bond acceptors (Lipinski definition) is 6. The van der Waals surface area contributed by atoms with E-state index in [1.807, 2.05) is 0 Å². The van der Waals surface area contributed by atoms with Crippen molar-refractivity contribution in [1.29, 1.82) is 0 Å². The summed E-state index contributed by atoms with van der Waals surface area (Å²) in [4.78, 5) is 12.4. The van der Waals surface area contributed by atoms with Crippen molar-refractivity contribution in [3.8, 4) is 17.0 Å². The Morgan fingerprint density at radius 2 is 1.78 bits per heavy atom. The molecule has 0 aliphatic carbocycles. The van der Waals surface area contributed by atoms with Crippen LogP contribution in [0.5, 0.6) is 5.75 Å². The van der Waals surface area contributed by atoms with Crippen LogP contribution in [0.3, 0.4) is 0 Å². The van der Waals surface area contributed by atoms with Gasteiger partial charge in [0.2, 0.25) is 5.76 Å². The topological polar surface area (TPSA) is 89.7 Å². The molecule has 2 aromatic carbocycles. The number of benzene rings is 2. The van der Waals surface area contributed by atoms with Gasteiger partial charge in [0.05, 0.1) is 13.7 Å².